The number of fused-ring (bicyclic) bond motifs is 1. The first-order valence-corrected chi connectivity index (χ1v) is 17.0. The van der Waals surface area contributed by atoms with E-state index in [1.165, 1.54) is 7.05 Å². The zero-order valence-corrected chi connectivity index (χ0v) is 28.6. The second-order valence-corrected chi connectivity index (χ2v) is 13.6. The summed E-state index contributed by atoms with van der Waals surface area (Å²) in [5.41, 5.74) is 3.47. The van der Waals surface area contributed by atoms with E-state index in [9.17, 15) is 30.3 Å². The van der Waals surface area contributed by atoms with Crippen LogP contribution in [0.5, 0.6) is 34.5 Å². The molecule has 4 heterocycles. The van der Waals surface area contributed by atoms with E-state index in [2.05, 4.69) is 23.5 Å². The standard InChI is InChI=1S/C39H39NO12/c1-40-17-39(38(45)46)36(44)31(42)32(43)37(52-39)49-22-15-25-24-14-21(41)8-7-20(24)12-18-5-4-6-19(11-18)13-27-29-23-9-10-26(47-2)34(48-3)33(23)51-35(29)30(25)28(16-22)50-27/h4-11,14-16,27,29,31-32,35-37,40-44H,12-13,17H2,1-3H3,(H,45,46)/t27-,29-,31+,32+,35+,36-,37+,39+/m0/s1. The number of methoxy groups -OCH3 is 2. The van der Waals surface area contributed by atoms with Gasteiger partial charge in [-0.2, -0.15) is 0 Å². The number of nitrogens with one attached hydrogen (secondary N) is 1. The van der Waals surface area contributed by atoms with Crippen molar-refractivity contribution in [1.29, 1.82) is 0 Å². The molecule has 0 amide bonds. The fraction of sp³-hybridized carbons (Fsp3) is 0.359. The number of aliphatic carboxylic acids is 1. The van der Waals surface area contributed by atoms with E-state index < -0.39 is 54.9 Å². The molecule has 0 unspecified atom stereocenters. The largest absolute Gasteiger partial charge is 0.508 e. The minimum absolute atomic E-state index is 0.0225. The minimum Gasteiger partial charge on any atom is -0.508 e. The van der Waals surface area contributed by atoms with Gasteiger partial charge in [-0.15, -0.1) is 0 Å². The van der Waals surface area contributed by atoms with Crippen LogP contribution in [0.1, 0.15) is 39.8 Å². The molecule has 4 aliphatic heterocycles. The van der Waals surface area contributed by atoms with Crippen molar-refractivity contribution in [1.82, 2.24) is 5.32 Å². The van der Waals surface area contributed by atoms with Crippen molar-refractivity contribution in [3.05, 3.63) is 94.5 Å². The Labute approximate surface area is 298 Å². The Morgan fingerprint density at radius 3 is 2.50 bits per heavy atom. The highest BCUT2D eigenvalue weighted by atomic mass is 16.7. The lowest BCUT2D eigenvalue weighted by atomic mass is 9.78. The van der Waals surface area contributed by atoms with E-state index in [0.717, 1.165) is 22.3 Å². The van der Waals surface area contributed by atoms with E-state index in [0.29, 0.717) is 52.5 Å². The fourth-order valence-electron chi connectivity index (χ4n) is 8.13. The average Bonchev–Trinajstić information content (AvgIpc) is 3.52. The van der Waals surface area contributed by atoms with E-state index in [1.54, 1.807) is 38.5 Å². The second kappa shape index (κ2) is 12.9. The van der Waals surface area contributed by atoms with Gasteiger partial charge >= 0.3 is 5.97 Å². The van der Waals surface area contributed by atoms with E-state index in [4.69, 9.17) is 28.4 Å². The van der Waals surface area contributed by atoms with Crippen molar-refractivity contribution in [3.8, 4) is 45.6 Å². The quantitative estimate of drug-likeness (QED) is 0.164. The highest BCUT2D eigenvalue weighted by Crippen LogP contribution is 2.60. The number of rotatable bonds is 7. The van der Waals surface area contributed by atoms with Gasteiger partial charge in [0, 0.05) is 30.2 Å². The molecule has 0 aromatic heterocycles. The van der Waals surface area contributed by atoms with Gasteiger partial charge in [0.15, 0.2) is 11.5 Å². The molecule has 0 radical (unpaired) electrons. The molecular formula is C39H39NO12. The fourth-order valence-corrected chi connectivity index (χ4v) is 8.13. The van der Waals surface area contributed by atoms with Gasteiger partial charge in [0.25, 0.3) is 0 Å². The van der Waals surface area contributed by atoms with Crippen LogP contribution in [0.25, 0.3) is 11.1 Å². The summed E-state index contributed by atoms with van der Waals surface area (Å²) in [7, 11) is 4.59. The third-order valence-electron chi connectivity index (χ3n) is 10.6. The SMILES string of the molecule is CNC[C@@]1(C(=O)O)O[C@@H](Oc2cc3c4c(c2)-c2cc(O)ccc2Cc2cccc(c2)C[C@H](O3)[C@@H]2c3ccc(OC)c(OC)c3O[C@@H]42)[C@H](O)[C@@H](O)[C@@H]1O. The summed E-state index contributed by atoms with van der Waals surface area (Å²) >= 11 is 0. The molecule has 1 fully saturated rings. The van der Waals surface area contributed by atoms with Gasteiger partial charge in [0.1, 0.15) is 47.8 Å². The second-order valence-electron chi connectivity index (χ2n) is 13.6. The van der Waals surface area contributed by atoms with Gasteiger partial charge in [-0.1, -0.05) is 36.4 Å². The van der Waals surface area contributed by atoms with Crippen LogP contribution >= 0.6 is 0 Å². The first-order chi connectivity index (χ1) is 25.1. The summed E-state index contributed by atoms with van der Waals surface area (Å²) in [5.74, 6) is 0.180. The number of carbonyl (C=O) groups is 1. The molecule has 6 bridgehead atoms. The van der Waals surface area contributed by atoms with Gasteiger partial charge in [-0.05, 0) is 65.6 Å². The van der Waals surface area contributed by atoms with Crippen molar-refractivity contribution in [2.24, 2.45) is 0 Å². The maximum absolute atomic E-state index is 12.5. The monoisotopic (exact) mass is 713 g/mol. The Hall–Kier alpha value is -5.05. The lowest BCUT2D eigenvalue weighted by molar-refractivity contribution is -0.305. The number of carboxylic acids is 1. The number of ether oxygens (including phenoxy) is 6. The van der Waals surface area contributed by atoms with Crippen molar-refractivity contribution < 1.29 is 58.7 Å². The molecule has 13 heteroatoms. The van der Waals surface area contributed by atoms with E-state index >= 15 is 0 Å². The third-order valence-corrected chi connectivity index (χ3v) is 10.6. The van der Waals surface area contributed by atoms with E-state index in [1.807, 2.05) is 24.3 Å². The molecule has 0 spiro atoms. The lowest BCUT2D eigenvalue weighted by Crippen LogP contribution is -2.71. The van der Waals surface area contributed by atoms with Gasteiger partial charge in [0.05, 0.1) is 20.1 Å². The average molecular weight is 714 g/mol. The summed E-state index contributed by atoms with van der Waals surface area (Å²) < 4.78 is 37.2. The number of phenols is 1. The molecule has 8 atom stereocenters. The van der Waals surface area contributed by atoms with Crippen LogP contribution in [0.4, 0.5) is 0 Å². The van der Waals surface area contributed by atoms with Crippen molar-refractivity contribution >= 4 is 5.97 Å². The summed E-state index contributed by atoms with van der Waals surface area (Å²) in [4.78, 5) is 12.5. The number of benzene rings is 4. The number of aromatic hydroxyl groups is 1. The molecule has 13 nitrogen and oxygen atoms in total. The van der Waals surface area contributed by atoms with Gasteiger partial charge in [0.2, 0.25) is 17.6 Å². The third kappa shape index (κ3) is 5.30. The first kappa shape index (κ1) is 34.1. The number of carboxylic acid groups (broad SMARTS) is 1. The molecule has 4 aromatic rings. The molecule has 272 valence electrons. The van der Waals surface area contributed by atoms with Crippen LogP contribution in [0.2, 0.25) is 0 Å². The number of likely N-dealkylation sites (N-methyl/N-ethyl adjacent to an activating group) is 1. The Balaban J connectivity index is 1.33. The predicted molar refractivity (Wildman–Crippen MR) is 184 cm³/mol. The molecule has 4 aromatic carbocycles. The number of phenolic OH excluding ortho intramolecular Hbond substituents is 1. The highest BCUT2D eigenvalue weighted by molar-refractivity contribution is 5.80. The number of aliphatic hydroxyl groups excluding tert-OH is 3. The summed E-state index contributed by atoms with van der Waals surface area (Å²) in [5, 5.41) is 56.3. The van der Waals surface area contributed by atoms with Crippen molar-refractivity contribution in [3.63, 3.8) is 0 Å². The van der Waals surface area contributed by atoms with Crippen LogP contribution in [-0.2, 0) is 22.4 Å². The molecule has 1 aliphatic carbocycles. The number of aliphatic hydroxyl groups is 3. The van der Waals surface area contributed by atoms with Gasteiger partial charge in [-0.25, -0.2) is 4.79 Å². The normalized spacial score (nSPS) is 28.2. The summed E-state index contributed by atoms with van der Waals surface area (Å²) in [6.45, 7) is -0.393. The van der Waals surface area contributed by atoms with Crippen LogP contribution < -0.4 is 29.0 Å². The maximum atomic E-state index is 12.5. The minimum atomic E-state index is -2.34. The van der Waals surface area contributed by atoms with Gasteiger partial charge < -0.3 is 59.3 Å². The molecule has 52 heavy (non-hydrogen) atoms. The number of hydrogen-bond acceptors (Lipinski definition) is 12. The Morgan fingerprint density at radius 2 is 1.75 bits per heavy atom. The zero-order valence-electron chi connectivity index (χ0n) is 28.6. The topological polar surface area (TPSA) is 186 Å². The molecular weight excluding hydrogens is 674 g/mol. The molecule has 9 rings (SSSR count). The Kier molecular flexibility index (Phi) is 8.43. The highest BCUT2D eigenvalue weighted by Gasteiger charge is 2.59. The molecule has 1 saturated heterocycles. The van der Waals surface area contributed by atoms with Crippen molar-refractivity contribution in [2.45, 2.75) is 61.2 Å². The van der Waals surface area contributed by atoms with Gasteiger partial charge in [-0.3, -0.25) is 0 Å². The summed E-state index contributed by atoms with van der Waals surface area (Å²) in [6.07, 6.45) is -7.39. The predicted octanol–water partition coefficient (Wildman–Crippen LogP) is 3.06. The zero-order chi connectivity index (χ0) is 36.5. The molecule has 0 saturated carbocycles. The number of hydrogen-bond donors (Lipinski definition) is 6. The van der Waals surface area contributed by atoms with Crippen molar-refractivity contribution in [2.75, 3.05) is 27.8 Å². The Bertz CT molecular complexity index is 2050. The maximum Gasteiger partial charge on any atom is 0.340 e. The van der Waals surface area contributed by atoms with Crippen LogP contribution in [0, 0.1) is 0 Å². The first-order valence-electron chi connectivity index (χ1n) is 17.0. The summed E-state index contributed by atoms with van der Waals surface area (Å²) in [6, 6.07) is 20.5. The van der Waals surface area contributed by atoms with Crippen LogP contribution in [-0.4, -0.2) is 95.6 Å². The van der Waals surface area contributed by atoms with E-state index in [-0.39, 0.29) is 17.4 Å². The van der Waals surface area contributed by atoms with Crippen LogP contribution in [0.3, 0.4) is 0 Å². The smallest absolute Gasteiger partial charge is 0.340 e. The molecule has 6 N–H and O–H groups in total. The molecule has 5 aliphatic rings. The van der Waals surface area contributed by atoms with Crippen LogP contribution in [0.15, 0.2) is 66.7 Å². The Morgan fingerprint density at radius 1 is 0.942 bits per heavy atom. The lowest BCUT2D eigenvalue weighted by Gasteiger charge is -2.46.